The minimum absolute atomic E-state index is 0.0786. The molecule has 1 aromatic carbocycles. The highest BCUT2D eigenvalue weighted by Gasteiger charge is 2.27. The molecule has 0 radical (unpaired) electrons. The zero-order valence-corrected chi connectivity index (χ0v) is 13.2. The topological polar surface area (TPSA) is 64.1 Å². The van der Waals surface area contributed by atoms with Gasteiger partial charge in [-0.2, -0.15) is 0 Å². The number of fused-ring (bicyclic) bond motifs is 1. The SMILES string of the molecule is CC1COc2ccc(C(=O)NCc3nnc(C4CC4)s3)cc21. The van der Waals surface area contributed by atoms with Gasteiger partial charge in [0.1, 0.15) is 15.8 Å². The molecule has 1 aromatic heterocycles. The van der Waals surface area contributed by atoms with Crippen molar-refractivity contribution < 1.29 is 9.53 Å². The van der Waals surface area contributed by atoms with Gasteiger partial charge in [0.05, 0.1) is 13.2 Å². The first-order chi connectivity index (χ1) is 10.7. The van der Waals surface area contributed by atoms with Gasteiger partial charge in [0.25, 0.3) is 5.91 Å². The summed E-state index contributed by atoms with van der Waals surface area (Å²) in [7, 11) is 0. The summed E-state index contributed by atoms with van der Waals surface area (Å²) >= 11 is 1.60. The Bertz CT molecular complexity index is 724. The molecule has 1 saturated carbocycles. The standard InChI is InChI=1S/C16H17N3O2S/c1-9-8-21-13-5-4-11(6-12(9)13)15(20)17-7-14-18-19-16(22-14)10-2-3-10/h4-6,9-10H,2-3,7-8H2,1H3,(H,17,20). The first-order valence-corrected chi connectivity index (χ1v) is 8.39. The lowest BCUT2D eigenvalue weighted by Crippen LogP contribution is -2.22. The average molecular weight is 315 g/mol. The molecule has 1 N–H and O–H groups in total. The maximum absolute atomic E-state index is 12.3. The number of rotatable bonds is 4. The minimum Gasteiger partial charge on any atom is -0.493 e. The van der Waals surface area contributed by atoms with Gasteiger partial charge in [-0.25, -0.2) is 0 Å². The number of ether oxygens (including phenoxy) is 1. The van der Waals surface area contributed by atoms with Crippen molar-refractivity contribution in [2.24, 2.45) is 0 Å². The van der Waals surface area contributed by atoms with Crippen LogP contribution >= 0.6 is 11.3 Å². The zero-order valence-electron chi connectivity index (χ0n) is 12.3. The van der Waals surface area contributed by atoms with Gasteiger partial charge in [-0.1, -0.05) is 18.3 Å². The first kappa shape index (κ1) is 13.7. The summed E-state index contributed by atoms with van der Waals surface area (Å²) in [6, 6.07) is 5.61. The molecule has 5 nitrogen and oxygen atoms in total. The number of benzene rings is 1. The van der Waals surface area contributed by atoms with Crippen molar-refractivity contribution >= 4 is 17.2 Å². The van der Waals surface area contributed by atoms with E-state index in [9.17, 15) is 4.79 Å². The van der Waals surface area contributed by atoms with Crippen LogP contribution in [0.3, 0.4) is 0 Å². The Hall–Kier alpha value is -1.95. The third-order valence-corrected chi connectivity index (χ3v) is 5.19. The molecule has 1 aliphatic carbocycles. The third-order valence-electron chi connectivity index (χ3n) is 4.10. The van der Waals surface area contributed by atoms with Crippen LogP contribution in [0.4, 0.5) is 0 Å². The summed E-state index contributed by atoms with van der Waals surface area (Å²) in [6.45, 7) is 3.23. The number of amides is 1. The van der Waals surface area contributed by atoms with Crippen molar-refractivity contribution in [2.45, 2.75) is 38.1 Å². The van der Waals surface area contributed by atoms with Crippen molar-refractivity contribution in [3.8, 4) is 5.75 Å². The summed E-state index contributed by atoms with van der Waals surface area (Å²) < 4.78 is 5.56. The van der Waals surface area contributed by atoms with E-state index >= 15 is 0 Å². The number of nitrogens with zero attached hydrogens (tertiary/aromatic N) is 2. The molecular weight excluding hydrogens is 298 g/mol. The Kier molecular flexibility index (Phi) is 3.33. The Morgan fingerprint density at radius 1 is 1.41 bits per heavy atom. The lowest BCUT2D eigenvalue weighted by atomic mass is 10.0. The lowest BCUT2D eigenvalue weighted by molar-refractivity contribution is 0.0950. The smallest absolute Gasteiger partial charge is 0.251 e. The van der Waals surface area contributed by atoms with Gasteiger partial charge < -0.3 is 10.1 Å². The van der Waals surface area contributed by atoms with Crippen LogP contribution in [0.1, 0.15) is 57.5 Å². The van der Waals surface area contributed by atoms with Gasteiger partial charge in [0.15, 0.2) is 0 Å². The van der Waals surface area contributed by atoms with Gasteiger partial charge in [0, 0.05) is 23.0 Å². The summed E-state index contributed by atoms with van der Waals surface area (Å²) in [4.78, 5) is 12.3. The number of hydrogen-bond acceptors (Lipinski definition) is 5. The third kappa shape index (κ3) is 2.59. The summed E-state index contributed by atoms with van der Waals surface area (Å²) in [6.07, 6.45) is 2.44. The number of nitrogens with one attached hydrogen (secondary N) is 1. The molecule has 2 aromatic rings. The van der Waals surface area contributed by atoms with Crippen molar-refractivity contribution in [2.75, 3.05) is 6.61 Å². The monoisotopic (exact) mass is 315 g/mol. The molecule has 1 aliphatic heterocycles. The van der Waals surface area contributed by atoms with Crippen molar-refractivity contribution in [3.05, 3.63) is 39.3 Å². The predicted octanol–water partition coefficient (Wildman–Crippen LogP) is 2.84. The molecular formula is C16H17N3O2S. The lowest BCUT2D eigenvalue weighted by Gasteiger charge is -2.06. The molecule has 114 valence electrons. The maximum Gasteiger partial charge on any atom is 0.251 e. The van der Waals surface area contributed by atoms with Gasteiger partial charge in [-0.15, -0.1) is 10.2 Å². The van der Waals surface area contributed by atoms with E-state index in [4.69, 9.17) is 4.74 Å². The van der Waals surface area contributed by atoms with Gasteiger partial charge >= 0.3 is 0 Å². The molecule has 6 heteroatoms. The molecule has 0 bridgehead atoms. The average Bonchev–Trinajstić information content (AvgIpc) is 3.17. The highest BCUT2D eigenvalue weighted by atomic mass is 32.1. The van der Waals surface area contributed by atoms with Gasteiger partial charge in [-0.3, -0.25) is 4.79 Å². The first-order valence-electron chi connectivity index (χ1n) is 7.58. The van der Waals surface area contributed by atoms with E-state index in [1.54, 1.807) is 11.3 Å². The molecule has 2 aliphatic rings. The van der Waals surface area contributed by atoms with E-state index in [-0.39, 0.29) is 5.91 Å². The van der Waals surface area contributed by atoms with E-state index < -0.39 is 0 Å². The fraction of sp³-hybridized carbons (Fsp3) is 0.438. The van der Waals surface area contributed by atoms with E-state index in [0.717, 1.165) is 21.3 Å². The van der Waals surface area contributed by atoms with Crippen molar-refractivity contribution in [3.63, 3.8) is 0 Å². The summed E-state index contributed by atoms with van der Waals surface area (Å²) in [5, 5.41) is 13.2. The summed E-state index contributed by atoms with van der Waals surface area (Å²) in [5.74, 6) is 1.76. The fourth-order valence-corrected chi connectivity index (χ4v) is 3.55. The highest BCUT2D eigenvalue weighted by molar-refractivity contribution is 7.11. The molecule has 1 amide bonds. The molecule has 1 atom stereocenters. The van der Waals surface area contributed by atoms with Gasteiger partial charge in [0.2, 0.25) is 0 Å². The number of carbonyl (C=O) groups is 1. The van der Waals surface area contributed by atoms with Crippen LogP contribution in [0.5, 0.6) is 5.75 Å². The van der Waals surface area contributed by atoms with Crippen LogP contribution in [0.15, 0.2) is 18.2 Å². The van der Waals surface area contributed by atoms with Crippen molar-refractivity contribution in [1.29, 1.82) is 0 Å². The van der Waals surface area contributed by atoms with Crippen LogP contribution in [0.25, 0.3) is 0 Å². The van der Waals surface area contributed by atoms with Crippen LogP contribution in [0.2, 0.25) is 0 Å². The van der Waals surface area contributed by atoms with Gasteiger partial charge in [-0.05, 0) is 31.0 Å². The molecule has 0 spiro atoms. The Labute approximate surface area is 132 Å². The van der Waals surface area contributed by atoms with Crippen LogP contribution < -0.4 is 10.1 Å². The van der Waals surface area contributed by atoms with E-state index in [2.05, 4.69) is 22.4 Å². The van der Waals surface area contributed by atoms with Crippen molar-refractivity contribution in [1.82, 2.24) is 15.5 Å². The molecule has 4 rings (SSSR count). The molecule has 2 heterocycles. The normalized spacial score (nSPS) is 19.6. The molecule has 22 heavy (non-hydrogen) atoms. The Morgan fingerprint density at radius 2 is 2.27 bits per heavy atom. The van der Waals surface area contributed by atoms with E-state index in [0.29, 0.717) is 30.6 Å². The van der Waals surface area contributed by atoms with Crippen LogP contribution in [-0.4, -0.2) is 22.7 Å². The van der Waals surface area contributed by atoms with E-state index in [1.165, 1.54) is 12.8 Å². The fourth-order valence-electron chi connectivity index (χ4n) is 2.60. The quantitative estimate of drug-likeness (QED) is 0.942. The molecule has 1 unspecified atom stereocenters. The molecule has 0 saturated heterocycles. The number of aromatic nitrogens is 2. The van der Waals surface area contributed by atoms with E-state index in [1.807, 2.05) is 18.2 Å². The number of hydrogen-bond donors (Lipinski definition) is 1. The highest BCUT2D eigenvalue weighted by Crippen LogP contribution is 2.41. The minimum atomic E-state index is -0.0786. The second-order valence-corrected chi connectivity index (χ2v) is 7.05. The summed E-state index contributed by atoms with van der Waals surface area (Å²) in [5.41, 5.74) is 1.78. The Morgan fingerprint density at radius 3 is 3.09 bits per heavy atom. The number of carbonyl (C=O) groups excluding carboxylic acids is 1. The molecule has 1 fully saturated rings. The largest absolute Gasteiger partial charge is 0.493 e. The van der Waals surface area contributed by atoms with Crippen LogP contribution in [-0.2, 0) is 6.54 Å². The zero-order chi connectivity index (χ0) is 15.1. The van der Waals surface area contributed by atoms with Crippen LogP contribution in [0, 0.1) is 0 Å². The maximum atomic E-state index is 12.3. The Balaban J connectivity index is 1.42. The predicted molar refractivity (Wildman–Crippen MR) is 83.4 cm³/mol. The second-order valence-electron chi connectivity index (χ2n) is 5.96. The second kappa shape index (κ2) is 5.35.